The SMILES string of the molecule is N#Cc1cc(N2CC=CC2)ccc1F. The lowest BCUT2D eigenvalue weighted by Gasteiger charge is -2.17. The number of benzene rings is 1. The maximum absolute atomic E-state index is 13.0. The first-order chi connectivity index (χ1) is 6.81. The molecule has 0 saturated carbocycles. The standard InChI is InChI=1S/C11H9FN2/c12-11-4-3-10(7-9(11)8-13)14-5-1-2-6-14/h1-4,7H,5-6H2. The largest absolute Gasteiger partial charge is 0.364 e. The molecule has 1 aliphatic heterocycles. The molecular weight excluding hydrogens is 179 g/mol. The molecule has 0 spiro atoms. The van der Waals surface area contributed by atoms with Crippen molar-refractivity contribution in [1.82, 2.24) is 0 Å². The predicted molar refractivity (Wildman–Crippen MR) is 52.5 cm³/mol. The second-order valence-electron chi connectivity index (χ2n) is 3.15. The molecule has 1 aromatic carbocycles. The Labute approximate surface area is 81.9 Å². The molecule has 0 saturated heterocycles. The smallest absolute Gasteiger partial charge is 0.141 e. The first-order valence-electron chi connectivity index (χ1n) is 4.41. The summed E-state index contributed by atoms with van der Waals surface area (Å²) in [5.74, 6) is -0.455. The zero-order valence-electron chi connectivity index (χ0n) is 7.57. The third-order valence-corrected chi connectivity index (χ3v) is 2.25. The van der Waals surface area contributed by atoms with Crippen LogP contribution in [0.5, 0.6) is 0 Å². The number of anilines is 1. The summed E-state index contributed by atoms with van der Waals surface area (Å²) in [5.41, 5.74) is 1.00. The molecule has 0 atom stereocenters. The molecule has 0 aliphatic carbocycles. The molecule has 0 N–H and O–H groups in total. The summed E-state index contributed by atoms with van der Waals surface area (Å²) in [7, 11) is 0. The molecule has 3 heteroatoms. The van der Waals surface area contributed by atoms with Crippen LogP contribution in [-0.2, 0) is 0 Å². The quantitative estimate of drug-likeness (QED) is 0.631. The van der Waals surface area contributed by atoms with Gasteiger partial charge in [-0.2, -0.15) is 5.26 Å². The predicted octanol–water partition coefficient (Wildman–Crippen LogP) is 2.07. The van der Waals surface area contributed by atoms with E-state index in [-0.39, 0.29) is 5.56 Å². The van der Waals surface area contributed by atoms with E-state index in [2.05, 4.69) is 17.1 Å². The number of nitrogens with zero attached hydrogens (tertiary/aromatic N) is 2. The zero-order valence-corrected chi connectivity index (χ0v) is 7.57. The Kier molecular flexibility index (Phi) is 2.19. The molecule has 0 radical (unpaired) electrons. The second kappa shape index (κ2) is 3.51. The van der Waals surface area contributed by atoms with Crippen molar-refractivity contribution in [3.05, 3.63) is 41.7 Å². The van der Waals surface area contributed by atoms with E-state index in [0.29, 0.717) is 0 Å². The Hall–Kier alpha value is -1.82. The molecular formula is C11H9FN2. The summed E-state index contributed by atoms with van der Waals surface area (Å²) in [5, 5.41) is 8.66. The van der Waals surface area contributed by atoms with E-state index in [4.69, 9.17) is 5.26 Å². The molecule has 0 fully saturated rings. The Morgan fingerprint density at radius 1 is 1.29 bits per heavy atom. The molecule has 2 rings (SSSR count). The van der Waals surface area contributed by atoms with Crippen molar-refractivity contribution in [2.24, 2.45) is 0 Å². The van der Waals surface area contributed by atoms with Crippen molar-refractivity contribution in [2.75, 3.05) is 18.0 Å². The van der Waals surface area contributed by atoms with Gasteiger partial charge >= 0.3 is 0 Å². The Morgan fingerprint density at radius 2 is 2.00 bits per heavy atom. The van der Waals surface area contributed by atoms with Crippen molar-refractivity contribution >= 4 is 5.69 Å². The molecule has 2 nitrogen and oxygen atoms in total. The molecule has 1 aromatic rings. The van der Waals surface area contributed by atoms with E-state index in [9.17, 15) is 4.39 Å². The molecule has 1 heterocycles. The summed E-state index contributed by atoms with van der Waals surface area (Å²) in [6.07, 6.45) is 4.10. The fourth-order valence-corrected chi connectivity index (χ4v) is 1.48. The first kappa shape index (κ1) is 8.76. The minimum atomic E-state index is -0.455. The number of rotatable bonds is 1. The monoisotopic (exact) mass is 188 g/mol. The van der Waals surface area contributed by atoms with Gasteiger partial charge < -0.3 is 4.90 Å². The Balaban J connectivity index is 2.32. The minimum Gasteiger partial charge on any atom is -0.364 e. The Morgan fingerprint density at radius 3 is 2.64 bits per heavy atom. The van der Waals surface area contributed by atoms with E-state index in [1.165, 1.54) is 6.07 Å². The highest BCUT2D eigenvalue weighted by Crippen LogP contribution is 2.19. The zero-order chi connectivity index (χ0) is 9.97. The number of nitriles is 1. The average Bonchev–Trinajstić information content (AvgIpc) is 2.71. The number of hydrogen-bond donors (Lipinski definition) is 0. The molecule has 70 valence electrons. The normalized spacial score (nSPS) is 14.4. The average molecular weight is 188 g/mol. The molecule has 0 amide bonds. The lowest BCUT2D eigenvalue weighted by Crippen LogP contribution is -2.18. The van der Waals surface area contributed by atoms with Crippen molar-refractivity contribution in [1.29, 1.82) is 5.26 Å². The summed E-state index contributed by atoms with van der Waals surface area (Å²) in [6.45, 7) is 1.66. The molecule has 0 aromatic heterocycles. The van der Waals surface area contributed by atoms with Gasteiger partial charge in [0.05, 0.1) is 5.56 Å². The highest BCUT2D eigenvalue weighted by molar-refractivity contribution is 5.53. The van der Waals surface area contributed by atoms with Crippen molar-refractivity contribution in [3.63, 3.8) is 0 Å². The van der Waals surface area contributed by atoms with Crippen LogP contribution < -0.4 is 4.90 Å². The maximum Gasteiger partial charge on any atom is 0.141 e. The van der Waals surface area contributed by atoms with Crippen molar-refractivity contribution in [2.45, 2.75) is 0 Å². The summed E-state index contributed by atoms with van der Waals surface area (Å²) >= 11 is 0. The lowest BCUT2D eigenvalue weighted by atomic mass is 10.2. The van der Waals surface area contributed by atoms with Gasteiger partial charge in [-0.05, 0) is 18.2 Å². The van der Waals surface area contributed by atoms with Crippen LogP contribution in [0.1, 0.15) is 5.56 Å². The van der Waals surface area contributed by atoms with Gasteiger partial charge in [-0.15, -0.1) is 0 Å². The molecule has 0 unspecified atom stereocenters. The van der Waals surface area contributed by atoms with Crippen LogP contribution >= 0.6 is 0 Å². The second-order valence-corrected chi connectivity index (χ2v) is 3.15. The number of halogens is 1. The molecule has 1 aliphatic rings. The minimum absolute atomic E-state index is 0.106. The fourth-order valence-electron chi connectivity index (χ4n) is 1.48. The van der Waals surface area contributed by atoms with Crippen LogP contribution in [0.15, 0.2) is 30.4 Å². The highest BCUT2D eigenvalue weighted by Gasteiger charge is 2.09. The van der Waals surface area contributed by atoms with Gasteiger partial charge in [0.2, 0.25) is 0 Å². The van der Waals surface area contributed by atoms with E-state index in [1.807, 2.05) is 6.07 Å². The van der Waals surface area contributed by atoms with Crippen LogP contribution in [0.2, 0.25) is 0 Å². The van der Waals surface area contributed by atoms with Gasteiger partial charge in [-0.25, -0.2) is 4.39 Å². The van der Waals surface area contributed by atoms with Gasteiger partial charge in [0, 0.05) is 18.8 Å². The highest BCUT2D eigenvalue weighted by atomic mass is 19.1. The fraction of sp³-hybridized carbons (Fsp3) is 0.182. The van der Waals surface area contributed by atoms with Crippen LogP contribution in [0.4, 0.5) is 10.1 Å². The van der Waals surface area contributed by atoms with E-state index < -0.39 is 5.82 Å². The van der Waals surface area contributed by atoms with Crippen molar-refractivity contribution in [3.8, 4) is 6.07 Å². The van der Waals surface area contributed by atoms with Gasteiger partial charge in [0.25, 0.3) is 0 Å². The summed E-state index contributed by atoms with van der Waals surface area (Å²) in [6, 6.07) is 6.46. The Bertz CT molecular complexity index is 410. The van der Waals surface area contributed by atoms with E-state index in [1.54, 1.807) is 12.1 Å². The topological polar surface area (TPSA) is 27.0 Å². The van der Waals surface area contributed by atoms with E-state index >= 15 is 0 Å². The van der Waals surface area contributed by atoms with Crippen LogP contribution in [0.25, 0.3) is 0 Å². The summed E-state index contributed by atoms with van der Waals surface area (Å²) in [4.78, 5) is 2.07. The molecule has 14 heavy (non-hydrogen) atoms. The summed E-state index contributed by atoms with van der Waals surface area (Å²) < 4.78 is 13.0. The maximum atomic E-state index is 13.0. The van der Waals surface area contributed by atoms with Gasteiger partial charge in [-0.3, -0.25) is 0 Å². The lowest BCUT2D eigenvalue weighted by molar-refractivity contribution is 0.624. The van der Waals surface area contributed by atoms with Crippen LogP contribution in [-0.4, -0.2) is 13.1 Å². The van der Waals surface area contributed by atoms with Gasteiger partial charge in [0.15, 0.2) is 0 Å². The van der Waals surface area contributed by atoms with Gasteiger partial charge in [-0.1, -0.05) is 12.2 Å². The van der Waals surface area contributed by atoms with Crippen molar-refractivity contribution < 1.29 is 4.39 Å². The van der Waals surface area contributed by atoms with Crippen LogP contribution in [0, 0.1) is 17.1 Å². The van der Waals surface area contributed by atoms with Crippen LogP contribution in [0.3, 0.4) is 0 Å². The first-order valence-corrected chi connectivity index (χ1v) is 4.41. The van der Waals surface area contributed by atoms with Gasteiger partial charge in [0.1, 0.15) is 11.9 Å². The third-order valence-electron chi connectivity index (χ3n) is 2.25. The number of hydrogen-bond acceptors (Lipinski definition) is 2. The third kappa shape index (κ3) is 1.47. The molecule has 0 bridgehead atoms. The van der Waals surface area contributed by atoms with E-state index in [0.717, 1.165) is 18.8 Å².